The van der Waals surface area contributed by atoms with E-state index in [4.69, 9.17) is 10.5 Å². The lowest BCUT2D eigenvalue weighted by Gasteiger charge is -2.20. The van der Waals surface area contributed by atoms with Gasteiger partial charge in [0.2, 0.25) is 0 Å². The lowest BCUT2D eigenvalue weighted by molar-refractivity contribution is -0.118. The Balaban J connectivity index is 2.05. The molecule has 1 aromatic carbocycles. The van der Waals surface area contributed by atoms with E-state index in [2.05, 4.69) is 10.6 Å². The van der Waals surface area contributed by atoms with Crippen molar-refractivity contribution < 1.29 is 9.53 Å². The molecule has 1 aliphatic heterocycles. The standard InChI is InChI=1S/C13H19N3O2/c1-15-6-2-3-10(14)9-4-5-12-11(7-9)16-13(17)8-18-12/h4-5,7,10,15H,2-3,6,8,14H2,1H3,(H,16,17). The van der Waals surface area contributed by atoms with E-state index >= 15 is 0 Å². The molecule has 18 heavy (non-hydrogen) atoms. The topological polar surface area (TPSA) is 76.4 Å². The van der Waals surface area contributed by atoms with Gasteiger partial charge in [-0.2, -0.15) is 0 Å². The fourth-order valence-electron chi connectivity index (χ4n) is 2.00. The van der Waals surface area contributed by atoms with Gasteiger partial charge in [0.05, 0.1) is 5.69 Å². The zero-order valence-electron chi connectivity index (χ0n) is 10.5. The van der Waals surface area contributed by atoms with Crippen molar-refractivity contribution >= 4 is 11.6 Å². The molecule has 1 aliphatic rings. The molecule has 1 aromatic rings. The largest absolute Gasteiger partial charge is 0.482 e. The van der Waals surface area contributed by atoms with Crippen LogP contribution in [-0.4, -0.2) is 26.1 Å². The number of carbonyl (C=O) groups excluding carboxylic acids is 1. The van der Waals surface area contributed by atoms with E-state index in [9.17, 15) is 4.79 Å². The quantitative estimate of drug-likeness (QED) is 0.681. The highest BCUT2D eigenvalue weighted by atomic mass is 16.5. The van der Waals surface area contributed by atoms with E-state index in [1.807, 2.05) is 25.2 Å². The van der Waals surface area contributed by atoms with Gasteiger partial charge in [-0.15, -0.1) is 0 Å². The molecule has 0 spiro atoms. The zero-order valence-corrected chi connectivity index (χ0v) is 10.5. The lowest BCUT2D eigenvalue weighted by Crippen LogP contribution is -2.25. The van der Waals surface area contributed by atoms with Gasteiger partial charge in [0.1, 0.15) is 5.75 Å². The van der Waals surface area contributed by atoms with Crippen molar-refractivity contribution in [2.24, 2.45) is 5.73 Å². The molecule has 0 saturated heterocycles. The number of nitrogens with one attached hydrogen (secondary N) is 2. The number of fused-ring (bicyclic) bond motifs is 1. The Bertz CT molecular complexity index is 434. The summed E-state index contributed by atoms with van der Waals surface area (Å²) in [5, 5.41) is 5.89. The second-order valence-corrected chi connectivity index (χ2v) is 4.44. The van der Waals surface area contributed by atoms with Gasteiger partial charge in [-0.05, 0) is 44.1 Å². The first-order chi connectivity index (χ1) is 8.70. The molecule has 0 aliphatic carbocycles. The second kappa shape index (κ2) is 5.84. The highest BCUT2D eigenvalue weighted by Crippen LogP contribution is 2.30. The Morgan fingerprint density at radius 3 is 3.17 bits per heavy atom. The van der Waals surface area contributed by atoms with Gasteiger partial charge in [0, 0.05) is 6.04 Å². The van der Waals surface area contributed by atoms with Crippen LogP contribution in [0.5, 0.6) is 5.75 Å². The van der Waals surface area contributed by atoms with E-state index in [1.54, 1.807) is 0 Å². The van der Waals surface area contributed by atoms with Crippen LogP contribution in [0.25, 0.3) is 0 Å². The molecule has 0 fully saturated rings. The average Bonchev–Trinajstić information content (AvgIpc) is 2.38. The second-order valence-electron chi connectivity index (χ2n) is 4.44. The minimum absolute atomic E-state index is 0.0116. The number of amides is 1. The molecule has 1 heterocycles. The minimum atomic E-state index is -0.122. The van der Waals surface area contributed by atoms with Crippen molar-refractivity contribution in [2.45, 2.75) is 18.9 Å². The highest BCUT2D eigenvalue weighted by molar-refractivity contribution is 5.95. The SMILES string of the molecule is CNCCCC(N)c1ccc2c(c1)NC(=O)CO2. The summed E-state index contributed by atoms with van der Waals surface area (Å²) in [7, 11) is 1.93. The summed E-state index contributed by atoms with van der Waals surface area (Å²) in [6.45, 7) is 1.04. The van der Waals surface area contributed by atoms with Crippen LogP contribution < -0.4 is 21.1 Å². The number of ether oxygens (including phenoxy) is 1. The molecule has 0 saturated carbocycles. The fraction of sp³-hybridized carbons (Fsp3) is 0.462. The normalized spacial score (nSPS) is 15.6. The van der Waals surface area contributed by atoms with Gasteiger partial charge < -0.3 is 21.1 Å². The van der Waals surface area contributed by atoms with Gasteiger partial charge in [-0.3, -0.25) is 4.79 Å². The number of nitrogens with two attached hydrogens (primary N) is 1. The molecule has 0 bridgehead atoms. The maximum Gasteiger partial charge on any atom is 0.262 e. The van der Waals surface area contributed by atoms with Crippen molar-refractivity contribution in [1.29, 1.82) is 0 Å². The first-order valence-corrected chi connectivity index (χ1v) is 6.17. The molecular formula is C13H19N3O2. The Morgan fingerprint density at radius 1 is 1.56 bits per heavy atom. The van der Waals surface area contributed by atoms with Crippen LogP contribution in [0.3, 0.4) is 0 Å². The third kappa shape index (κ3) is 3.00. The molecule has 5 heteroatoms. The maximum absolute atomic E-state index is 11.2. The predicted molar refractivity (Wildman–Crippen MR) is 70.7 cm³/mol. The summed E-state index contributed by atoms with van der Waals surface area (Å²) in [4.78, 5) is 11.2. The molecule has 1 atom stereocenters. The summed E-state index contributed by atoms with van der Waals surface area (Å²) in [6, 6.07) is 5.71. The van der Waals surface area contributed by atoms with Crippen molar-refractivity contribution in [3.05, 3.63) is 23.8 Å². The van der Waals surface area contributed by atoms with Crippen LogP contribution in [0.1, 0.15) is 24.4 Å². The lowest BCUT2D eigenvalue weighted by atomic mass is 10.0. The van der Waals surface area contributed by atoms with Crippen LogP contribution in [0.15, 0.2) is 18.2 Å². The Kier molecular flexibility index (Phi) is 4.17. The third-order valence-electron chi connectivity index (χ3n) is 3.01. The first-order valence-electron chi connectivity index (χ1n) is 6.17. The van der Waals surface area contributed by atoms with Crippen LogP contribution in [-0.2, 0) is 4.79 Å². The fourth-order valence-corrected chi connectivity index (χ4v) is 2.00. The number of rotatable bonds is 5. The van der Waals surface area contributed by atoms with E-state index in [0.717, 1.165) is 24.9 Å². The van der Waals surface area contributed by atoms with E-state index in [-0.39, 0.29) is 18.6 Å². The number of benzene rings is 1. The molecule has 1 amide bonds. The van der Waals surface area contributed by atoms with Crippen LogP contribution in [0.2, 0.25) is 0 Å². The zero-order chi connectivity index (χ0) is 13.0. The monoisotopic (exact) mass is 249 g/mol. The molecule has 2 rings (SSSR count). The van der Waals surface area contributed by atoms with Gasteiger partial charge in [0.15, 0.2) is 6.61 Å². The van der Waals surface area contributed by atoms with Crippen LogP contribution in [0, 0.1) is 0 Å². The third-order valence-corrected chi connectivity index (χ3v) is 3.01. The van der Waals surface area contributed by atoms with Crippen LogP contribution >= 0.6 is 0 Å². The van der Waals surface area contributed by atoms with Gasteiger partial charge in [-0.1, -0.05) is 6.07 Å². The van der Waals surface area contributed by atoms with Gasteiger partial charge >= 0.3 is 0 Å². The molecule has 0 radical (unpaired) electrons. The number of hydrogen-bond acceptors (Lipinski definition) is 4. The molecule has 4 N–H and O–H groups in total. The van der Waals surface area contributed by atoms with Crippen molar-refractivity contribution in [3.63, 3.8) is 0 Å². The van der Waals surface area contributed by atoms with Crippen molar-refractivity contribution in [2.75, 3.05) is 25.5 Å². The molecular weight excluding hydrogens is 230 g/mol. The Labute approximate surface area is 107 Å². The van der Waals surface area contributed by atoms with E-state index in [1.165, 1.54) is 0 Å². The van der Waals surface area contributed by atoms with E-state index < -0.39 is 0 Å². The Morgan fingerprint density at radius 2 is 2.39 bits per heavy atom. The first kappa shape index (κ1) is 12.9. The maximum atomic E-state index is 11.2. The van der Waals surface area contributed by atoms with Gasteiger partial charge in [0.25, 0.3) is 5.91 Å². The summed E-state index contributed by atoms with van der Waals surface area (Å²) in [6.07, 6.45) is 1.94. The van der Waals surface area contributed by atoms with Gasteiger partial charge in [-0.25, -0.2) is 0 Å². The van der Waals surface area contributed by atoms with Crippen LogP contribution in [0.4, 0.5) is 5.69 Å². The minimum Gasteiger partial charge on any atom is -0.482 e. The number of carbonyl (C=O) groups is 1. The smallest absolute Gasteiger partial charge is 0.262 e. The summed E-state index contributed by atoms with van der Waals surface area (Å²) >= 11 is 0. The molecule has 0 aromatic heterocycles. The molecule has 1 unspecified atom stereocenters. The highest BCUT2D eigenvalue weighted by Gasteiger charge is 2.17. The summed E-state index contributed by atoms with van der Waals surface area (Å²) in [5.41, 5.74) is 7.86. The number of anilines is 1. The van der Waals surface area contributed by atoms with E-state index in [0.29, 0.717) is 11.4 Å². The predicted octanol–water partition coefficient (Wildman–Crippen LogP) is 1.02. The molecule has 5 nitrogen and oxygen atoms in total. The average molecular weight is 249 g/mol. The number of hydrogen-bond donors (Lipinski definition) is 3. The molecule has 98 valence electrons. The Hall–Kier alpha value is -1.59. The van der Waals surface area contributed by atoms with Crippen molar-refractivity contribution in [1.82, 2.24) is 5.32 Å². The summed E-state index contributed by atoms with van der Waals surface area (Å²) in [5.74, 6) is 0.587. The van der Waals surface area contributed by atoms with Crippen molar-refractivity contribution in [3.8, 4) is 5.75 Å². The summed E-state index contributed by atoms with van der Waals surface area (Å²) < 4.78 is 5.31.